The Morgan fingerprint density at radius 1 is 1.22 bits per heavy atom. The number of nitrogens with zero attached hydrogens (tertiary/aromatic N) is 1. The van der Waals surface area contributed by atoms with Crippen LogP contribution < -0.4 is 5.32 Å². The van der Waals surface area contributed by atoms with Gasteiger partial charge in [-0.3, -0.25) is 14.4 Å². The minimum atomic E-state index is -0.765. The van der Waals surface area contributed by atoms with Crippen molar-refractivity contribution in [2.75, 3.05) is 13.2 Å². The Kier molecular flexibility index (Phi) is 8.91. The standard InChI is InChI=1S/C25H42N2O5/c1-8-10-16-11-12-18-20(19(16)24(31)32-9-2)23(30)27(17(14-28)13-15(3)4)21(18)22(29)26-25(5,6)7/h11-12,15-21,28H,8-10,13-14H2,1-7H3,(H,26,29)/t16-,17-,18+,19-,20+,21+/m1/s1. The summed E-state index contributed by atoms with van der Waals surface area (Å²) in [6.45, 7) is 13.6. The Morgan fingerprint density at radius 3 is 2.38 bits per heavy atom. The molecular formula is C25H42N2O5. The van der Waals surface area contributed by atoms with E-state index in [9.17, 15) is 19.5 Å². The number of hydrogen-bond acceptors (Lipinski definition) is 5. The normalized spacial score (nSPS) is 28.6. The molecule has 0 aromatic rings. The predicted octanol–water partition coefficient (Wildman–Crippen LogP) is 2.92. The van der Waals surface area contributed by atoms with Crippen molar-refractivity contribution in [3.05, 3.63) is 12.2 Å². The van der Waals surface area contributed by atoms with Gasteiger partial charge in [-0.05, 0) is 52.4 Å². The third-order valence-electron chi connectivity index (χ3n) is 6.34. The van der Waals surface area contributed by atoms with Crippen molar-refractivity contribution in [2.24, 2.45) is 29.6 Å². The lowest BCUT2D eigenvalue weighted by atomic mass is 9.68. The topological polar surface area (TPSA) is 95.9 Å². The molecule has 7 nitrogen and oxygen atoms in total. The van der Waals surface area contributed by atoms with Gasteiger partial charge in [-0.1, -0.05) is 39.3 Å². The lowest BCUT2D eigenvalue weighted by Crippen LogP contribution is -2.55. The first kappa shape index (κ1) is 26.4. The van der Waals surface area contributed by atoms with Gasteiger partial charge in [0.2, 0.25) is 11.8 Å². The fourth-order valence-corrected chi connectivity index (χ4v) is 5.27. The van der Waals surface area contributed by atoms with E-state index in [0.29, 0.717) is 6.42 Å². The summed E-state index contributed by atoms with van der Waals surface area (Å²) >= 11 is 0. The van der Waals surface area contributed by atoms with Crippen LogP contribution in [0.25, 0.3) is 0 Å². The zero-order chi connectivity index (χ0) is 24.2. The average molecular weight is 451 g/mol. The first-order valence-corrected chi connectivity index (χ1v) is 12.1. The molecule has 2 rings (SSSR count). The quantitative estimate of drug-likeness (QED) is 0.416. The van der Waals surface area contributed by atoms with Gasteiger partial charge < -0.3 is 20.1 Å². The Morgan fingerprint density at radius 2 is 1.88 bits per heavy atom. The number of hydrogen-bond donors (Lipinski definition) is 2. The van der Waals surface area contributed by atoms with E-state index in [2.05, 4.69) is 12.2 Å². The van der Waals surface area contributed by atoms with Crippen molar-refractivity contribution in [1.82, 2.24) is 10.2 Å². The van der Waals surface area contributed by atoms with Crippen molar-refractivity contribution in [3.63, 3.8) is 0 Å². The van der Waals surface area contributed by atoms with Crippen LogP contribution in [-0.2, 0) is 19.1 Å². The van der Waals surface area contributed by atoms with Crippen LogP contribution in [0.1, 0.15) is 67.7 Å². The van der Waals surface area contributed by atoms with Crippen LogP contribution in [0.5, 0.6) is 0 Å². The number of carbonyl (C=O) groups is 3. The van der Waals surface area contributed by atoms with Crippen LogP contribution in [-0.4, -0.2) is 58.6 Å². The molecule has 2 N–H and O–H groups in total. The van der Waals surface area contributed by atoms with E-state index in [4.69, 9.17) is 4.74 Å². The van der Waals surface area contributed by atoms with Gasteiger partial charge in [0, 0.05) is 11.5 Å². The molecule has 1 fully saturated rings. The highest BCUT2D eigenvalue weighted by Gasteiger charge is 2.59. The molecule has 32 heavy (non-hydrogen) atoms. The molecule has 0 bridgehead atoms. The van der Waals surface area contributed by atoms with Crippen LogP contribution in [0.15, 0.2) is 12.2 Å². The van der Waals surface area contributed by atoms with E-state index in [-0.39, 0.29) is 42.8 Å². The maximum atomic E-state index is 13.9. The third-order valence-corrected chi connectivity index (χ3v) is 6.34. The van der Waals surface area contributed by atoms with Crippen molar-refractivity contribution in [3.8, 4) is 0 Å². The zero-order valence-corrected chi connectivity index (χ0v) is 20.8. The number of amides is 2. The molecule has 0 radical (unpaired) electrons. The number of allylic oxidation sites excluding steroid dienone is 1. The number of fused-ring (bicyclic) bond motifs is 1. The lowest BCUT2D eigenvalue weighted by Gasteiger charge is -2.36. The molecule has 0 unspecified atom stereocenters. The number of rotatable bonds is 9. The van der Waals surface area contributed by atoms with Crippen molar-refractivity contribution in [1.29, 1.82) is 0 Å². The van der Waals surface area contributed by atoms with Gasteiger partial charge in [-0.25, -0.2) is 0 Å². The van der Waals surface area contributed by atoms with Gasteiger partial charge in [0.15, 0.2) is 0 Å². The molecule has 7 heteroatoms. The van der Waals surface area contributed by atoms with Crippen LogP contribution >= 0.6 is 0 Å². The smallest absolute Gasteiger partial charge is 0.310 e. The highest BCUT2D eigenvalue weighted by molar-refractivity contribution is 5.96. The second-order valence-corrected chi connectivity index (χ2v) is 10.6. The second kappa shape index (κ2) is 10.8. The molecular weight excluding hydrogens is 408 g/mol. The predicted molar refractivity (Wildman–Crippen MR) is 123 cm³/mol. The van der Waals surface area contributed by atoms with Gasteiger partial charge in [0.1, 0.15) is 6.04 Å². The molecule has 1 heterocycles. The number of nitrogens with one attached hydrogen (secondary N) is 1. The molecule has 182 valence electrons. The Hall–Kier alpha value is -1.89. The maximum Gasteiger partial charge on any atom is 0.310 e. The van der Waals surface area contributed by atoms with Gasteiger partial charge >= 0.3 is 5.97 Å². The molecule has 0 aromatic heterocycles. The summed E-state index contributed by atoms with van der Waals surface area (Å²) in [5, 5.41) is 13.2. The van der Waals surface area contributed by atoms with Gasteiger partial charge in [0.25, 0.3) is 0 Å². The average Bonchev–Trinajstić information content (AvgIpc) is 2.97. The summed E-state index contributed by atoms with van der Waals surface area (Å²) in [4.78, 5) is 41.9. The highest BCUT2D eigenvalue weighted by Crippen LogP contribution is 2.46. The molecule has 0 spiro atoms. The maximum absolute atomic E-state index is 13.9. The summed E-state index contributed by atoms with van der Waals surface area (Å²) in [7, 11) is 0. The highest BCUT2D eigenvalue weighted by atomic mass is 16.5. The number of ether oxygens (including phenoxy) is 1. The first-order chi connectivity index (χ1) is 15.0. The minimum Gasteiger partial charge on any atom is -0.466 e. The fourth-order valence-electron chi connectivity index (χ4n) is 5.27. The minimum absolute atomic E-state index is 0.104. The van der Waals surface area contributed by atoms with E-state index >= 15 is 0 Å². The van der Waals surface area contributed by atoms with Crippen LogP contribution in [0, 0.1) is 29.6 Å². The molecule has 1 aliphatic heterocycles. The molecule has 6 atom stereocenters. The Bertz CT molecular complexity index is 712. The number of aliphatic hydroxyl groups excluding tert-OH is 1. The molecule has 1 saturated heterocycles. The monoisotopic (exact) mass is 450 g/mol. The van der Waals surface area contributed by atoms with Gasteiger partial charge in [0.05, 0.1) is 31.1 Å². The molecule has 2 aliphatic rings. The third kappa shape index (κ3) is 5.72. The number of esters is 1. The molecule has 0 saturated carbocycles. The van der Waals surface area contributed by atoms with Gasteiger partial charge in [-0.15, -0.1) is 0 Å². The molecule has 0 aromatic carbocycles. The van der Waals surface area contributed by atoms with Crippen molar-refractivity contribution in [2.45, 2.75) is 85.4 Å². The summed E-state index contributed by atoms with van der Waals surface area (Å²) in [5.74, 6) is -2.44. The van der Waals surface area contributed by atoms with Crippen LogP contribution in [0.3, 0.4) is 0 Å². The Balaban J connectivity index is 2.56. The number of carbonyl (C=O) groups excluding carboxylic acids is 3. The van der Waals surface area contributed by atoms with Crippen LogP contribution in [0.4, 0.5) is 0 Å². The largest absolute Gasteiger partial charge is 0.466 e. The summed E-state index contributed by atoms with van der Waals surface area (Å²) in [6, 6.07) is -1.25. The van der Waals surface area contributed by atoms with Crippen LogP contribution in [0.2, 0.25) is 0 Å². The van der Waals surface area contributed by atoms with E-state index in [1.807, 2.05) is 46.8 Å². The van der Waals surface area contributed by atoms with E-state index in [1.54, 1.807) is 11.8 Å². The summed E-state index contributed by atoms with van der Waals surface area (Å²) in [5.41, 5.74) is -0.472. The molecule has 1 aliphatic carbocycles. The van der Waals surface area contributed by atoms with Gasteiger partial charge in [-0.2, -0.15) is 0 Å². The first-order valence-electron chi connectivity index (χ1n) is 12.1. The molecule has 2 amide bonds. The van der Waals surface area contributed by atoms with E-state index in [0.717, 1.165) is 12.8 Å². The van der Waals surface area contributed by atoms with Crippen molar-refractivity contribution < 1.29 is 24.2 Å². The summed E-state index contributed by atoms with van der Waals surface area (Å²) < 4.78 is 5.38. The number of likely N-dealkylation sites (tertiary alicyclic amines) is 1. The summed E-state index contributed by atoms with van der Waals surface area (Å²) in [6.07, 6.45) is 6.17. The van der Waals surface area contributed by atoms with E-state index < -0.39 is 35.4 Å². The number of aliphatic hydroxyl groups is 1. The lowest BCUT2D eigenvalue weighted by molar-refractivity contribution is -0.156. The fraction of sp³-hybridized carbons (Fsp3) is 0.800. The second-order valence-electron chi connectivity index (χ2n) is 10.6. The Labute approximate surface area is 192 Å². The zero-order valence-electron chi connectivity index (χ0n) is 20.8. The van der Waals surface area contributed by atoms with Crippen molar-refractivity contribution >= 4 is 17.8 Å². The SMILES string of the molecule is CCC[C@@H]1C=C[C@H]2[C@H](C(=O)N([C@@H](CO)CC(C)C)[C@@H]2C(=O)NC(C)(C)C)[C@@H]1C(=O)OCC. The van der Waals surface area contributed by atoms with E-state index in [1.165, 1.54) is 0 Å².